The van der Waals surface area contributed by atoms with Crippen LogP contribution < -0.4 is 0 Å². The number of hydrogen-bond acceptors (Lipinski definition) is 3. The van der Waals surface area contributed by atoms with Crippen LogP contribution in [0.1, 0.15) is 0 Å². The van der Waals surface area contributed by atoms with Crippen molar-refractivity contribution in [2.45, 2.75) is 0 Å². The molecular formula is H5BO3Sr. The van der Waals surface area contributed by atoms with Crippen molar-refractivity contribution >= 4 is 52.8 Å². The normalized spacial score (nSPS) is 5.40. The minimum absolute atomic E-state index is 0. The zero-order valence-corrected chi connectivity index (χ0v) is 1.92. The summed E-state index contributed by atoms with van der Waals surface area (Å²) >= 11 is 0. The van der Waals surface area contributed by atoms with Crippen molar-refractivity contribution in [1.82, 2.24) is 0 Å². The zero-order valence-electron chi connectivity index (χ0n) is 1.92. The third-order valence-electron chi connectivity index (χ3n) is 0. The Kier molecular flexibility index (Phi) is 10.5. The van der Waals surface area contributed by atoms with E-state index in [2.05, 4.69) is 0 Å². The molecule has 0 radical (unpaired) electrons. The van der Waals surface area contributed by atoms with Crippen LogP contribution in [0, 0.1) is 0 Å². The maximum absolute atomic E-state index is 7.17. The van der Waals surface area contributed by atoms with Crippen LogP contribution >= 0.6 is 0 Å². The van der Waals surface area contributed by atoms with Crippen LogP contribution in [-0.4, -0.2) is 67.9 Å². The van der Waals surface area contributed by atoms with Crippen LogP contribution in [0.25, 0.3) is 0 Å². The summed E-state index contributed by atoms with van der Waals surface area (Å²) in [7, 11) is -2.17. The van der Waals surface area contributed by atoms with Crippen molar-refractivity contribution in [2.75, 3.05) is 0 Å². The van der Waals surface area contributed by atoms with E-state index in [1.54, 1.807) is 0 Å². The molecule has 0 spiro atoms. The van der Waals surface area contributed by atoms with Crippen LogP contribution in [0.5, 0.6) is 0 Å². The van der Waals surface area contributed by atoms with Gasteiger partial charge in [0.25, 0.3) is 0 Å². The van der Waals surface area contributed by atoms with E-state index in [0.717, 1.165) is 0 Å². The van der Waals surface area contributed by atoms with Crippen LogP contribution in [0.2, 0.25) is 0 Å². The Labute approximate surface area is 67.1 Å². The Hall–Kier alpha value is 1.43. The fourth-order valence-corrected chi connectivity index (χ4v) is 0. The van der Waals surface area contributed by atoms with Crippen molar-refractivity contribution < 1.29 is 15.1 Å². The first kappa shape index (κ1) is 9.66. The van der Waals surface area contributed by atoms with E-state index in [4.69, 9.17) is 15.1 Å². The second-order valence-electron chi connectivity index (χ2n) is 0.346. The van der Waals surface area contributed by atoms with Crippen LogP contribution in [0.3, 0.4) is 0 Å². The third kappa shape index (κ3) is 31.3. The molecular weight excluding hydrogens is 146 g/mol. The van der Waals surface area contributed by atoms with Crippen molar-refractivity contribution in [2.24, 2.45) is 0 Å². The Morgan fingerprint density at radius 2 is 1.00 bits per heavy atom. The molecule has 0 heterocycles. The summed E-state index contributed by atoms with van der Waals surface area (Å²) in [6.07, 6.45) is 0. The van der Waals surface area contributed by atoms with Gasteiger partial charge in [-0.15, -0.1) is 0 Å². The first-order valence-electron chi connectivity index (χ1n) is 0.775. The van der Waals surface area contributed by atoms with Crippen molar-refractivity contribution in [3.8, 4) is 0 Å². The van der Waals surface area contributed by atoms with Gasteiger partial charge < -0.3 is 15.1 Å². The van der Waals surface area contributed by atoms with Gasteiger partial charge in [0.05, 0.1) is 0 Å². The third-order valence-corrected chi connectivity index (χ3v) is 0. The molecule has 0 fully saturated rings. The van der Waals surface area contributed by atoms with Crippen LogP contribution in [-0.2, 0) is 0 Å². The molecule has 5 heteroatoms. The SMILES string of the molecule is OB(O)O.[SrH2]. The second-order valence-corrected chi connectivity index (χ2v) is 0.346. The van der Waals surface area contributed by atoms with E-state index < -0.39 is 7.32 Å². The summed E-state index contributed by atoms with van der Waals surface area (Å²) in [6.45, 7) is 0. The Bertz CT molecular complexity index is 11.6. The summed E-state index contributed by atoms with van der Waals surface area (Å²) in [5, 5.41) is 21.5. The average Bonchev–Trinajstić information content (AvgIpc) is 0.811. The molecule has 28 valence electrons. The molecule has 0 rings (SSSR count). The van der Waals surface area contributed by atoms with E-state index in [-0.39, 0.29) is 45.5 Å². The van der Waals surface area contributed by atoms with Crippen molar-refractivity contribution in [1.29, 1.82) is 0 Å². The predicted molar refractivity (Wildman–Crippen MR) is 21.0 cm³/mol. The molecule has 0 saturated heterocycles. The first-order chi connectivity index (χ1) is 1.73. The van der Waals surface area contributed by atoms with Crippen molar-refractivity contribution in [3.63, 3.8) is 0 Å². The molecule has 0 bridgehead atoms. The van der Waals surface area contributed by atoms with E-state index in [1.807, 2.05) is 0 Å². The zero-order chi connectivity index (χ0) is 3.58. The number of rotatable bonds is 0. The fourth-order valence-electron chi connectivity index (χ4n) is 0. The monoisotopic (exact) mass is 152 g/mol. The van der Waals surface area contributed by atoms with Gasteiger partial charge in [-0.3, -0.25) is 0 Å². The van der Waals surface area contributed by atoms with E-state index in [1.165, 1.54) is 0 Å². The Morgan fingerprint density at radius 3 is 1.00 bits per heavy atom. The second kappa shape index (κ2) is 5.43. The van der Waals surface area contributed by atoms with E-state index in [9.17, 15) is 0 Å². The molecule has 0 aromatic carbocycles. The summed E-state index contributed by atoms with van der Waals surface area (Å²) in [5.74, 6) is 0. The van der Waals surface area contributed by atoms with Gasteiger partial charge in [-0.2, -0.15) is 0 Å². The summed E-state index contributed by atoms with van der Waals surface area (Å²) in [5.41, 5.74) is 0. The van der Waals surface area contributed by atoms with Gasteiger partial charge in [-0.25, -0.2) is 0 Å². The standard InChI is InChI=1S/BH3O3.Sr.2H/c2-1(3)4;;;/h2-4H;;;. The topological polar surface area (TPSA) is 60.7 Å². The van der Waals surface area contributed by atoms with Gasteiger partial charge in [-0.05, 0) is 0 Å². The van der Waals surface area contributed by atoms with Gasteiger partial charge in [0.2, 0.25) is 0 Å². The van der Waals surface area contributed by atoms with Gasteiger partial charge >= 0.3 is 52.8 Å². The van der Waals surface area contributed by atoms with Crippen molar-refractivity contribution in [3.05, 3.63) is 0 Å². The van der Waals surface area contributed by atoms with E-state index >= 15 is 0 Å². The quantitative estimate of drug-likeness (QED) is 0.324. The molecule has 0 unspecified atom stereocenters. The molecule has 5 heavy (non-hydrogen) atoms. The summed E-state index contributed by atoms with van der Waals surface area (Å²) in [6, 6.07) is 0. The van der Waals surface area contributed by atoms with Gasteiger partial charge in [0.1, 0.15) is 0 Å². The van der Waals surface area contributed by atoms with Crippen LogP contribution in [0.4, 0.5) is 0 Å². The molecule has 0 amide bonds. The van der Waals surface area contributed by atoms with Gasteiger partial charge in [0.15, 0.2) is 0 Å². The molecule has 3 nitrogen and oxygen atoms in total. The number of hydrogen-bond donors (Lipinski definition) is 3. The molecule has 3 N–H and O–H groups in total. The molecule has 0 aromatic rings. The predicted octanol–water partition coefficient (Wildman–Crippen LogP) is -2.97. The van der Waals surface area contributed by atoms with Crippen LogP contribution in [0.15, 0.2) is 0 Å². The fraction of sp³-hybridized carbons (Fsp3) is 0. The molecule has 0 atom stereocenters. The molecule has 0 aliphatic carbocycles. The van der Waals surface area contributed by atoms with Gasteiger partial charge in [0, 0.05) is 0 Å². The summed E-state index contributed by atoms with van der Waals surface area (Å²) < 4.78 is 0. The average molecular weight is 151 g/mol. The molecule has 0 saturated carbocycles. The minimum atomic E-state index is -2.17. The van der Waals surface area contributed by atoms with Gasteiger partial charge in [-0.1, -0.05) is 0 Å². The Balaban J connectivity index is 0. The Morgan fingerprint density at radius 1 is 1.00 bits per heavy atom. The molecule has 0 aliphatic rings. The first-order valence-corrected chi connectivity index (χ1v) is 0.775. The molecule has 0 aliphatic heterocycles. The molecule has 0 aromatic heterocycles. The van der Waals surface area contributed by atoms with E-state index in [0.29, 0.717) is 0 Å². The summed E-state index contributed by atoms with van der Waals surface area (Å²) in [4.78, 5) is 0. The maximum atomic E-state index is 7.17.